The molecule has 3 saturated carbocycles. The number of pyridine rings is 1. The fourth-order valence-electron chi connectivity index (χ4n) is 6.50. The van der Waals surface area contributed by atoms with Crippen LogP contribution in [0.3, 0.4) is 0 Å². The van der Waals surface area contributed by atoms with Crippen LogP contribution in [-0.2, 0) is 16.4 Å². The van der Waals surface area contributed by atoms with Crippen LogP contribution in [0.4, 0.5) is 5.69 Å². The third-order valence-corrected chi connectivity index (χ3v) is 10.3. The van der Waals surface area contributed by atoms with E-state index in [0.717, 1.165) is 54.4 Å². The Bertz CT molecular complexity index is 1770. The predicted molar refractivity (Wildman–Crippen MR) is 157 cm³/mol. The van der Waals surface area contributed by atoms with Gasteiger partial charge in [0, 0.05) is 29.5 Å². The van der Waals surface area contributed by atoms with Crippen LogP contribution in [0, 0.1) is 23.7 Å². The number of nitrogens with zero attached hydrogens (tertiary/aromatic N) is 1. The molecular weight excluding hydrogens is 536 g/mol. The summed E-state index contributed by atoms with van der Waals surface area (Å²) in [5, 5.41) is 11.8. The lowest BCUT2D eigenvalue weighted by Crippen LogP contribution is -2.18. The Labute approximate surface area is 239 Å². The summed E-state index contributed by atoms with van der Waals surface area (Å²) in [6, 6.07) is 19.2. The molecule has 7 nitrogen and oxygen atoms in total. The third-order valence-electron chi connectivity index (χ3n) is 8.97. The molecule has 2 aromatic heterocycles. The van der Waals surface area contributed by atoms with Gasteiger partial charge in [-0.3, -0.25) is 4.72 Å². The van der Waals surface area contributed by atoms with E-state index >= 15 is 0 Å². The number of anilines is 1. The van der Waals surface area contributed by atoms with Gasteiger partial charge in [0.05, 0.1) is 11.1 Å². The Hall–Kier alpha value is -3.65. The molecule has 7 rings (SSSR count). The number of rotatable bonds is 11. The first-order chi connectivity index (χ1) is 19.9. The van der Waals surface area contributed by atoms with E-state index in [1.807, 2.05) is 24.3 Å². The van der Waals surface area contributed by atoms with Gasteiger partial charge in [0.2, 0.25) is 0 Å². The summed E-state index contributed by atoms with van der Waals surface area (Å²) in [4.78, 5) is 17.6. The van der Waals surface area contributed by atoms with Crippen molar-refractivity contribution >= 4 is 26.6 Å². The number of benzene rings is 2. The highest BCUT2D eigenvalue weighted by Crippen LogP contribution is 2.56. The van der Waals surface area contributed by atoms with Gasteiger partial charge in [0.1, 0.15) is 11.5 Å². The Morgan fingerprint density at radius 3 is 2.61 bits per heavy atom. The minimum absolute atomic E-state index is 0.0400. The monoisotopic (exact) mass is 570 g/mol. The van der Waals surface area contributed by atoms with E-state index in [9.17, 15) is 18.3 Å². The standard InChI is InChI=1S/C33H34N2O5S/c36-29-19-26(9-4-6-23-18-27(23)20-11-12-20)40-33(37)32(29)31(22-13-14-22)24-7-3-8-25(17-24)35-41(38,39)30-16-15-21-5-1-2-10-28(21)34-30/h1-3,5,7-8,10,15-17,19-20,22-23,27,31,35-36H,4,6,9,11-14,18H2. The minimum Gasteiger partial charge on any atom is -0.507 e. The maximum absolute atomic E-state index is 13.2. The van der Waals surface area contributed by atoms with Crippen molar-refractivity contribution in [3.63, 3.8) is 0 Å². The fourth-order valence-corrected chi connectivity index (χ4v) is 7.50. The number of para-hydroxylation sites is 1. The van der Waals surface area contributed by atoms with Crippen molar-refractivity contribution in [1.82, 2.24) is 4.98 Å². The van der Waals surface area contributed by atoms with Crippen LogP contribution in [0.1, 0.15) is 67.8 Å². The van der Waals surface area contributed by atoms with Gasteiger partial charge in [-0.15, -0.1) is 0 Å². The minimum atomic E-state index is -3.94. The largest absolute Gasteiger partial charge is 0.507 e. The Morgan fingerprint density at radius 1 is 1.00 bits per heavy atom. The van der Waals surface area contributed by atoms with E-state index in [1.54, 1.807) is 36.4 Å². The topological polar surface area (TPSA) is 109 Å². The first-order valence-electron chi connectivity index (χ1n) is 14.7. The van der Waals surface area contributed by atoms with Crippen molar-refractivity contribution in [2.24, 2.45) is 23.7 Å². The van der Waals surface area contributed by atoms with E-state index in [-0.39, 0.29) is 28.2 Å². The number of fused-ring (bicyclic) bond motifs is 1. The molecular formula is C33H34N2O5S. The molecule has 0 radical (unpaired) electrons. The van der Waals surface area contributed by atoms with Crippen molar-refractivity contribution in [3.8, 4) is 5.75 Å². The quantitative estimate of drug-likeness (QED) is 0.210. The first-order valence-corrected chi connectivity index (χ1v) is 16.2. The van der Waals surface area contributed by atoms with Crippen LogP contribution < -0.4 is 10.3 Å². The van der Waals surface area contributed by atoms with Crippen molar-refractivity contribution in [1.29, 1.82) is 0 Å². The summed E-state index contributed by atoms with van der Waals surface area (Å²) < 4.78 is 34.8. The highest BCUT2D eigenvalue weighted by Gasteiger charge is 2.46. The molecule has 0 aliphatic heterocycles. The van der Waals surface area contributed by atoms with E-state index in [2.05, 4.69) is 9.71 Å². The maximum Gasteiger partial charge on any atom is 0.343 e. The average molecular weight is 571 g/mol. The number of nitrogens with one attached hydrogen (secondary N) is 1. The molecule has 0 bridgehead atoms. The molecule has 0 amide bonds. The van der Waals surface area contributed by atoms with Crippen LogP contribution in [0.2, 0.25) is 0 Å². The van der Waals surface area contributed by atoms with Gasteiger partial charge in [-0.25, -0.2) is 9.78 Å². The van der Waals surface area contributed by atoms with Crippen LogP contribution in [0.25, 0.3) is 10.9 Å². The maximum atomic E-state index is 13.2. The molecule has 2 heterocycles. The summed E-state index contributed by atoms with van der Waals surface area (Å²) in [5.74, 6) is 2.99. The molecule has 0 saturated heterocycles. The molecule has 212 valence electrons. The van der Waals surface area contributed by atoms with Gasteiger partial charge in [0.15, 0.2) is 5.03 Å². The van der Waals surface area contributed by atoms with Crippen LogP contribution in [0.15, 0.2) is 81.0 Å². The summed E-state index contributed by atoms with van der Waals surface area (Å²) in [6.45, 7) is 0. The van der Waals surface area contributed by atoms with E-state index < -0.39 is 15.6 Å². The highest BCUT2D eigenvalue weighted by molar-refractivity contribution is 7.92. The van der Waals surface area contributed by atoms with Crippen LogP contribution in [0.5, 0.6) is 5.75 Å². The van der Waals surface area contributed by atoms with Crippen molar-refractivity contribution in [2.75, 3.05) is 4.72 Å². The van der Waals surface area contributed by atoms with Gasteiger partial charge in [-0.2, -0.15) is 8.42 Å². The van der Waals surface area contributed by atoms with Crippen molar-refractivity contribution in [2.45, 2.75) is 62.3 Å². The molecule has 3 atom stereocenters. The molecule has 3 unspecified atom stereocenters. The summed E-state index contributed by atoms with van der Waals surface area (Å²) in [5.41, 5.74) is 1.47. The molecule has 4 aromatic rings. The van der Waals surface area contributed by atoms with Gasteiger partial charge in [-0.1, -0.05) is 30.3 Å². The summed E-state index contributed by atoms with van der Waals surface area (Å²) in [6.07, 6.45) is 8.72. The number of hydrogen-bond donors (Lipinski definition) is 2. The predicted octanol–water partition coefficient (Wildman–Crippen LogP) is 6.61. The Balaban J connectivity index is 1.10. The molecule has 3 aliphatic carbocycles. The second kappa shape index (κ2) is 10.3. The van der Waals surface area contributed by atoms with Gasteiger partial charge in [-0.05, 0) is 105 Å². The Morgan fingerprint density at radius 2 is 1.83 bits per heavy atom. The normalized spacial score (nSPS) is 21.1. The van der Waals surface area contributed by atoms with E-state index in [1.165, 1.54) is 25.3 Å². The first kappa shape index (κ1) is 26.3. The van der Waals surface area contributed by atoms with Crippen molar-refractivity contribution in [3.05, 3.63) is 94.0 Å². The van der Waals surface area contributed by atoms with Gasteiger partial charge >= 0.3 is 5.63 Å². The highest BCUT2D eigenvalue weighted by atomic mass is 32.2. The zero-order valence-corrected chi connectivity index (χ0v) is 23.6. The number of hydrogen-bond acceptors (Lipinski definition) is 6. The number of sulfonamides is 1. The SMILES string of the molecule is O=c1oc(CCCC2CC2C2CC2)cc(O)c1C(c1cccc(NS(=O)(=O)c2ccc3ccccc3n2)c1)C1CC1. The molecule has 2 aromatic carbocycles. The third kappa shape index (κ3) is 5.62. The van der Waals surface area contributed by atoms with Gasteiger partial charge < -0.3 is 9.52 Å². The molecule has 3 aliphatic rings. The smallest absolute Gasteiger partial charge is 0.343 e. The zero-order chi connectivity index (χ0) is 28.1. The number of aromatic nitrogens is 1. The lowest BCUT2D eigenvalue weighted by Gasteiger charge is -2.19. The summed E-state index contributed by atoms with van der Waals surface area (Å²) >= 11 is 0. The number of aryl methyl sites for hydroxylation is 1. The molecule has 41 heavy (non-hydrogen) atoms. The molecule has 0 spiro atoms. The van der Waals surface area contributed by atoms with E-state index in [4.69, 9.17) is 4.42 Å². The summed E-state index contributed by atoms with van der Waals surface area (Å²) in [7, 11) is -3.94. The Kier molecular flexibility index (Phi) is 6.61. The second-order valence-corrected chi connectivity index (χ2v) is 13.7. The van der Waals surface area contributed by atoms with Crippen LogP contribution in [-0.4, -0.2) is 18.5 Å². The average Bonchev–Trinajstić information content (AvgIpc) is 3.78. The number of aromatic hydroxyl groups is 1. The van der Waals surface area contributed by atoms with Crippen molar-refractivity contribution < 1.29 is 17.9 Å². The molecule has 3 fully saturated rings. The lowest BCUT2D eigenvalue weighted by atomic mass is 9.87. The second-order valence-electron chi connectivity index (χ2n) is 12.1. The fraction of sp³-hybridized carbons (Fsp3) is 0.394. The molecule has 2 N–H and O–H groups in total. The van der Waals surface area contributed by atoms with Crippen LogP contribution >= 0.6 is 0 Å². The van der Waals surface area contributed by atoms with E-state index in [0.29, 0.717) is 23.4 Å². The van der Waals surface area contributed by atoms with Gasteiger partial charge in [0.25, 0.3) is 10.0 Å². The zero-order valence-electron chi connectivity index (χ0n) is 22.8. The molecule has 8 heteroatoms. The lowest BCUT2D eigenvalue weighted by molar-refractivity contribution is 0.398.